The molecule has 0 spiro atoms. The number of unbranched alkanes of at least 4 members (excludes halogenated alkanes) is 3. The van der Waals surface area contributed by atoms with Gasteiger partial charge in [0, 0.05) is 19.0 Å². The highest BCUT2D eigenvalue weighted by molar-refractivity contribution is 6.17. The Balaban J connectivity index is 2.85. The van der Waals surface area contributed by atoms with Crippen molar-refractivity contribution in [3.05, 3.63) is 0 Å². The van der Waals surface area contributed by atoms with Crippen LogP contribution in [0.2, 0.25) is 0 Å². The average Bonchev–Trinajstić information content (AvgIpc) is 2.31. The van der Waals surface area contributed by atoms with E-state index in [1.807, 2.05) is 0 Å². The fourth-order valence-electron chi connectivity index (χ4n) is 1.16. The highest BCUT2D eigenvalue weighted by atomic mass is 35.5. The number of ether oxygens (including phenoxy) is 2. The Morgan fingerprint density at radius 1 is 0.938 bits per heavy atom. The van der Waals surface area contributed by atoms with E-state index in [-0.39, 0.29) is 0 Å². The predicted octanol–water partition coefficient (Wildman–Crippen LogP) is 1.56. The number of carbonyl (C=O) groups is 1. The zero-order valence-electron chi connectivity index (χ0n) is 9.75. The molecule has 0 atom stereocenters. The minimum Gasteiger partial charge on any atom is -0.379 e. The summed E-state index contributed by atoms with van der Waals surface area (Å²) in [5.74, 6) is 0.753. The number of halogens is 1. The first-order valence-corrected chi connectivity index (χ1v) is 6.33. The van der Waals surface area contributed by atoms with Crippen molar-refractivity contribution in [3.8, 4) is 0 Å². The maximum Gasteiger partial charge on any atom is 0.207 e. The van der Waals surface area contributed by atoms with Crippen LogP contribution in [0.5, 0.6) is 0 Å². The molecule has 96 valence electrons. The summed E-state index contributed by atoms with van der Waals surface area (Å²) in [5.41, 5.74) is 0. The maximum atomic E-state index is 9.89. The first-order chi connectivity index (χ1) is 7.91. The predicted molar refractivity (Wildman–Crippen MR) is 64.9 cm³/mol. The second kappa shape index (κ2) is 14.7. The quantitative estimate of drug-likeness (QED) is 0.307. The number of nitrogens with one attached hydrogen (secondary N) is 1. The third-order valence-electron chi connectivity index (χ3n) is 2.02. The van der Waals surface area contributed by atoms with Crippen molar-refractivity contribution in [3.63, 3.8) is 0 Å². The number of carbonyl (C=O) groups excluding carboxylic acids is 1. The number of amides is 1. The molecule has 0 saturated carbocycles. The monoisotopic (exact) mass is 251 g/mol. The van der Waals surface area contributed by atoms with Crippen molar-refractivity contribution in [2.45, 2.75) is 25.7 Å². The molecule has 1 N–H and O–H groups in total. The Bertz CT molecular complexity index is 147. The largest absolute Gasteiger partial charge is 0.379 e. The maximum absolute atomic E-state index is 9.89. The second-order valence-electron chi connectivity index (χ2n) is 3.40. The highest BCUT2D eigenvalue weighted by Gasteiger charge is 1.91. The molecular formula is C11H22ClNO3. The lowest BCUT2D eigenvalue weighted by molar-refractivity contribution is -0.109. The molecule has 0 aromatic carbocycles. The summed E-state index contributed by atoms with van der Waals surface area (Å²) in [4.78, 5) is 9.89. The van der Waals surface area contributed by atoms with E-state index in [0.717, 1.165) is 25.3 Å². The van der Waals surface area contributed by atoms with Gasteiger partial charge in [-0.05, 0) is 12.8 Å². The van der Waals surface area contributed by atoms with Gasteiger partial charge < -0.3 is 14.8 Å². The van der Waals surface area contributed by atoms with Crippen LogP contribution in [-0.4, -0.2) is 45.3 Å². The number of rotatable bonds is 13. The molecule has 0 unspecified atom stereocenters. The van der Waals surface area contributed by atoms with Gasteiger partial charge in [-0.2, -0.15) is 0 Å². The van der Waals surface area contributed by atoms with E-state index in [1.165, 1.54) is 12.8 Å². The summed E-state index contributed by atoms with van der Waals surface area (Å²) in [6.07, 6.45) is 5.20. The minimum atomic E-state index is 0.540. The van der Waals surface area contributed by atoms with Crippen LogP contribution in [0.15, 0.2) is 0 Å². The Morgan fingerprint density at radius 3 is 2.31 bits per heavy atom. The van der Waals surface area contributed by atoms with Crippen molar-refractivity contribution in [2.75, 3.05) is 38.9 Å². The first kappa shape index (κ1) is 15.7. The third kappa shape index (κ3) is 13.7. The van der Waals surface area contributed by atoms with Gasteiger partial charge in [0.15, 0.2) is 0 Å². The van der Waals surface area contributed by atoms with Crippen molar-refractivity contribution in [1.82, 2.24) is 5.32 Å². The van der Waals surface area contributed by atoms with Crippen molar-refractivity contribution in [2.24, 2.45) is 0 Å². The van der Waals surface area contributed by atoms with Gasteiger partial charge in [-0.25, -0.2) is 0 Å². The Morgan fingerprint density at radius 2 is 1.62 bits per heavy atom. The van der Waals surface area contributed by atoms with Crippen LogP contribution in [0.4, 0.5) is 0 Å². The van der Waals surface area contributed by atoms with E-state index >= 15 is 0 Å². The lowest BCUT2D eigenvalue weighted by atomic mass is 10.2. The molecule has 0 saturated heterocycles. The fourth-order valence-corrected chi connectivity index (χ4v) is 1.35. The first-order valence-electron chi connectivity index (χ1n) is 5.80. The lowest BCUT2D eigenvalue weighted by Crippen LogP contribution is -2.18. The Kier molecular flexibility index (Phi) is 14.4. The Hall–Kier alpha value is -0.320. The summed E-state index contributed by atoms with van der Waals surface area (Å²) in [6, 6.07) is 0. The summed E-state index contributed by atoms with van der Waals surface area (Å²) in [7, 11) is 0. The van der Waals surface area contributed by atoms with Gasteiger partial charge in [0.1, 0.15) is 0 Å². The van der Waals surface area contributed by atoms with Crippen LogP contribution in [0.25, 0.3) is 0 Å². The molecule has 0 heterocycles. The average molecular weight is 252 g/mol. The number of alkyl halides is 1. The molecule has 1 amide bonds. The zero-order chi connectivity index (χ0) is 11.9. The van der Waals surface area contributed by atoms with Gasteiger partial charge >= 0.3 is 0 Å². The van der Waals surface area contributed by atoms with E-state index in [4.69, 9.17) is 21.1 Å². The molecule has 0 rings (SSSR count). The summed E-state index contributed by atoms with van der Waals surface area (Å²) in [5, 5.41) is 2.52. The van der Waals surface area contributed by atoms with E-state index in [0.29, 0.717) is 32.8 Å². The molecule has 0 aliphatic heterocycles. The number of hydrogen-bond donors (Lipinski definition) is 1. The Labute approximate surface area is 103 Å². The molecule has 5 heteroatoms. The second-order valence-corrected chi connectivity index (χ2v) is 3.78. The molecule has 0 aromatic rings. The third-order valence-corrected chi connectivity index (χ3v) is 2.29. The molecule has 0 aliphatic rings. The van der Waals surface area contributed by atoms with Crippen LogP contribution >= 0.6 is 11.6 Å². The minimum absolute atomic E-state index is 0.540. The topological polar surface area (TPSA) is 47.6 Å². The highest BCUT2D eigenvalue weighted by Crippen LogP contribution is 2.00. The van der Waals surface area contributed by atoms with E-state index in [2.05, 4.69) is 5.32 Å². The summed E-state index contributed by atoms with van der Waals surface area (Å²) in [6.45, 7) is 3.09. The molecule has 0 aromatic heterocycles. The molecule has 0 radical (unpaired) electrons. The smallest absolute Gasteiger partial charge is 0.207 e. The number of hydrogen-bond acceptors (Lipinski definition) is 3. The van der Waals surface area contributed by atoms with Gasteiger partial charge in [-0.3, -0.25) is 4.79 Å². The van der Waals surface area contributed by atoms with Crippen LogP contribution < -0.4 is 5.32 Å². The van der Waals surface area contributed by atoms with E-state index < -0.39 is 0 Å². The van der Waals surface area contributed by atoms with Crippen LogP contribution in [0.1, 0.15) is 25.7 Å². The molecule has 0 bridgehead atoms. The summed E-state index contributed by atoms with van der Waals surface area (Å²) < 4.78 is 10.6. The van der Waals surface area contributed by atoms with Gasteiger partial charge in [0.2, 0.25) is 6.41 Å². The van der Waals surface area contributed by atoms with Crippen molar-refractivity contribution < 1.29 is 14.3 Å². The molecule has 0 aliphatic carbocycles. The summed E-state index contributed by atoms with van der Waals surface area (Å²) >= 11 is 5.56. The molecular weight excluding hydrogens is 230 g/mol. The van der Waals surface area contributed by atoms with Crippen LogP contribution in [0.3, 0.4) is 0 Å². The SMILES string of the molecule is O=CNCCOCCOCCCCCCCl. The van der Waals surface area contributed by atoms with Gasteiger partial charge in [0.05, 0.1) is 19.8 Å². The lowest BCUT2D eigenvalue weighted by Gasteiger charge is -2.05. The normalized spacial score (nSPS) is 10.3. The molecule has 16 heavy (non-hydrogen) atoms. The molecule has 4 nitrogen and oxygen atoms in total. The standard InChI is InChI=1S/C11H22ClNO3/c12-5-3-1-2-4-7-15-9-10-16-8-6-13-11-14/h11H,1-10H2,(H,13,14). The van der Waals surface area contributed by atoms with Crippen molar-refractivity contribution >= 4 is 18.0 Å². The molecule has 0 fully saturated rings. The fraction of sp³-hybridized carbons (Fsp3) is 0.909. The van der Waals surface area contributed by atoms with E-state index in [1.54, 1.807) is 0 Å². The van der Waals surface area contributed by atoms with Crippen LogP contribution in [0, 0.1) is 0 Å². The van der Waals surface area contributed by atoms with Crippen LogP contribution in [-0.2, 0) is 14.3 Å². The van der Waals surface area contributed by atoms with Gasteiger partial charge in [-0.1, -0.05) is 12.8 Å². The van der Waals surface area contributed by atoms with E-state index in [9.17, 15) is 4.79 Å². The van der Waals surface area contributed by atoms with Gasteiger partial charge in [0.25, 0.3) is 0 Å². The van der Waals surface area contributed by atoms with Crippen molar-refractivity contribution in [1.29, 1.82) is 0 Å². The van der Waals surface area contributed by atoms with Gasteiger partial charge in [-0.15, -0.1) is 11.6 Å². The zero-order valence-corrected chi connectivity index (χ0v) is 10.5.